The number of aryl methyl sites for hydroxylation is 1. The fourth-order valence-corrected chi connectivity index (χ4v) is 1.58. The number of primary amides is 1. The average molecular weight is 165 g/mol. The van der Waals surface area contributed by atoms with E-state index in [1.165, 1.54) is 0 Å². The molecule has 1 heterocycles. The number of nitrogens with two attached hydrogens (primary N) is 1. The molecule has 1 aliphatic rings. The fraction of sp³-hybridized carbons (Fsp3) is 0.500. The Hall–Kier alpha value is -1.32. The van der Waals surface area contributed by atoms with Crippen molar-refractivity contribution in [2.45, 2.75) is 12.3 Å². The summed E-state index contributed by atoms with van der Waals surface area (Å²) in [7, 11) is 1.88. The minimum Gasteiger partial charge on any atom is -0.369 e. The number of rotatable bonds is 2. The first-order chi connectivity index (χ1) is 5.70. The second-order valence-corrected chi connectivity index (χ2v) is 3.23. The summed E-state index contributed by atoms with van der Waals surface area (Å²) in [4.78, 5) is 10.8. The van der Waals surface area contributed by atoms with Gasteiger partial charge in [0.15, 0.2) is 0 Å². The zero-order chi connectivity index (χ0) is 8.72. The van der Waals surface area contributed by atoms with Gasteiger partial charge in [0.25, 0.3) is 0 Å². The quantitative estimate of drug-likeness (QED) is 0.671. The Morgan fingerprint density at radius 3 is 3.00 bits per heavy atom. The second-order valence-electron chi connectivity index (χ2n) is 3.23. The molecule has 1 aromatic heterocycles. The van der Waals surface area contributed by atoms with Crippen LogP contribution in [0.5, 0.6) is 0 Å². The van der Waals surface area contributed by atoms with E-state index in [-0.39, 0.29) is 11.8 Å². The fourth-order valence-electron chi connectivity index (χ4n) is 1.58. The third-order valence-corrected chi connectivity index (χ3v) is 2.39. The zero-order valence-corrected chi connectivity index (χ0v) is 6.90. The van der Waals surface area contributed by atoms with Crippen LogP contribution in [0, 0.1) is 5.92 Å². The van der Waals surface area contributed by atoms with Gasteiger partial charge >= 0.3 is 0 Å². The van der Waals surface area contributed by atoms with E-state index >= 15 is 0 Å². The molecule has 1 fully saturated rings. The van der Waals surface area contributed by atoms with Gasteiger partial charge < -0.3 is 5.73 Å². The standard InChI is InChI=1S/C8H11N3O/c1-11-7(2-3-10-11)5-4-6(5)8(9)12/h2-3,5-6H,4H2,1H3,(H2,9,12)/t5-,6+/m0/s1. The number of carbonyl (C=O) groups excluding carboxylic acids is 1. The number of carbonyl (C=O) groups is 1. The Bertz CT molecular complexity index is 318. The monoisotopic (exact) mass is 165 g/mol. The molecule has 0 bridgehead atoms. The Morgan fingerprint density at radius 1 is 1.83 bits per heavy atom. The van der Waals surface area contributed by atoms with Crippen LogP contribution in [0.25, 0.3) is 0 Å². The molecule has 0 aromatic carbocycles. The molecular formula is C8H11N3O. The first-order valence-electron chi connectivity index (χ1n) is 3.97. The number of hydrogen-bond donors (Lipinski definition) is 1. The molecule has 0 radical (unpaired) electrons. The minimum absolute atomic E-state index is 0.0420. The van der Waals surface area contributed by atoms with E-state index in [0.29, 0.717) is 5.92 Å². The number of hydrogen-bond acceptors (Lipinski definition) is 2. The van der Waals surface area contributed by atoms with Gasteiger partial charge in [0, 0.05) is 30.8 Å². The summed E-state index contributed by atoms with van der Waals surface area (Å²) in [5, 5.41) is 4.04. The summed E-state index contributed by atoms with van der Waals surface area (Å²) in [5.74, 6) is 0.164. The highest BCUT2D eigenvalue weighted by Crippen LogP contribution is 2.46. The maximum Gasteiger partial charge on any atom is 0.221 e. The SMILES string of the molecule is Cn1nccc1[C@H]1C[C@H]1C(N)=O. The molecule has 1 saturated carbocycles. The van der Waals surface area contributed by atoms with Crippen molar-refractivity contribution in [1.29, 1.82) is 0 Å². The summed E-state index contributed by atoms with van der Waals surface area (Å²) in [5.41, 5.74) is 6.29. The van der Waals surface area contributed by atoms with Crippen LogP contribution in [-0.2, 0) is 11.8 Å². The Kier molecular flexibility index (Phi) is 1.43. The van der Waals surface area contributed by atoms with Crippen LogP contribution < -0.4 is 5.73 Å². The molecule has 0 aliphatic heterocycles. The van der Waals surface area contributed by atoms with Crippen molar-refractivity contribution in [3.8, 4) is 0 Å². The highest BCUT2D eigenvalue weighted by Gasteiger charge is 2.44. The summed E-state index contributed by atoms with van der Waals surface area (Å²) in [6, 6.07) is 1.94. The van der Waals surface area contributed by atoms with Crippen molar-refractivity contribution < 1.29 is 4.79 Å². The first-order valence-corrected chi connectivity index (χ1v) is 3.97. The Labute approximate surface area is 70.4 Å². The highest BCUT2D eigenvalue weighted by molar-refractivity contribution is 5.80. The van der Waals surface area contributed by atoms with Crippen molar-refractivity contribution in [3.05, 3.63) is 18.0 Å². The van der Waals surface area contributed by atoms with E-state index in [0.717, 1.165) is 12.1 Å². The van der Waals surface area contributed by atoms with E-state index in [2.05, 4.69) is 5.10 Å². The van der Waals surface area contributed by atoms with Crippen molar-refractivity contribution in [3.63, 3.8) is 0 Å². The number of nitrogens with zero attached hydrogens (tertiary/aromatic N) is 2. The van der Waals surface area contributed by atoms with Gasteiger partial charge in [0.05, 0.1) is 0 Å². The molecule has 0 saturated heterocycles. The van der Waals surface area contributed by atoms with Crippen LogP contribution in [0.4, 0.5) is 0 Å². The molecule has 4 nitrogen and oxygen atoms in total. The van der Waals surface area contributed by atoms with E-state index in [9.17, 15) is 4.79 Å². The third kappa shape index (κ3) is 0.995. The molecule has 0 spiro atoms. The van der Waals surface area contributed by atoms with Crippen molar-refractivity contribution in [2.24, 2.45) is 18.7 Å². The van der Waals surface area contributed by atoms with Gasteiger partial charge in [-0.05, 0) is 12.5 Å². The number of amides is 1. The minimum atomic E-state index is -0.193. The number of aromatic nitrogens is 2. The van der Waals surface area contributed by atoms with Gasteiger partial charge in [-0.15, -0.1) is 0 Å². The molecule has 2 atom stereocenters. The van der Waals surface area contributed by atoms with Crippen molar-refractivity contribution in [1.82, 2.24) is 9.78 Å². The molecule has 4 heteroatoms. The molecule has 64 valence electrons. The van der Waals surface area contributed by atoms with E-state index in [1.807, 2.05) is 13.1 Å². The van der Waals surface area contributed by atoms with E-state index < -0.39 is 0 Å². The van der Waals surface area contributed by atoms with Gasteiger partial charge in [-0.25, -0.2) is 0 Å². The zero-order valence-electron chi connectivity index (χ0n) is 6.90. The van der Waals surface area contributed by atoms with Crippen LogP contribution in [0.3, 0.4) is 0 Å². The predicted molar refractivity (Wildman–Crippen MR) is 43.3 cm³/mol. The van der Waals surface area contributed by atoms with Crippen LogP contribution in [-0.4, -0.2) is 15.7 Å². The van der Waals surface area contributed by atoms with Crippen LogP contribution >= 0.6 is 0 Å². The molecular weight excluding hydrogens is 154 g/mol. The summed E-state index contributed by atoms with van der Waals surface area (Å²) < 4.78 is 1.80. The van der Waals surface area contributed by atoms with Crippen LogP contribution in [0.2, 0.25) is 0 Å². The van der Waals surface area contributed by atoms with Gasteiger partial charge in [0.2, 0.25) is 5.91 Å². The maximum absolute atomic E-state index is 10.8. The van der Waals surface area contributed by atoms with E-state index in [1.54, 1.807) is 10.9 Å². The summed E-state index contributed by atoms with van der Waals surface area (Å²) >= 11 is 0. The Balaban J connectivity index is 2.15. The molecule has 1 amide bonds. The molecule has 1 aliphatic carbocycles. The van der Waals surface area contributed by atoms with Gasteiger partial charge in [-0.3, -0.25) is 9.48 Å². The molecule has 2 N–H and O–H groups in total. The highest BCUT2D eigenvalue weighted by atomic mass is 16.1. The van der Waals surface area contributed by atoms with Crippen molar-refractivity contribution in [2.75, 3.05) is 0 Å². The molecule has 2 rings (SSSR count). The normalized spacial score (nSPS) is 27.1. The summed E-state index contributed by atoms with van der Waals surface area (Å²) in [6.07, 6.45) is 2.63. The average Bonchev–Trinajstić information content (AvgIpc) is 2.70. The van der Waals surface area contributed by atoms with Crippen molar-refractivity contribution >= 4 is 5.91 Å². The Morgan fingerprint density at radius 2 is 2.58 bits per heavy atom. The topological polar surface area (TPSA) is 60.9 Å². The maximum atomic E-state index is 10.8. The smallest absolute Gasteiger partial charge is 0.221 e. The molecule has 0 unspecified atom stereocenters. The van der Waals surface area contributed by atoms with Crippen LogP contribution in [0.15, 0.2) is 12.3 Å². The van der Waals surface area contributed by atoms with Crippen LogP contribution in [0.1, 0.15) is 18.0 Å². The van der Waals surface area contributed by atoms with Gasteiger partial charge in [-0.1, -0.05) is 0 Å². The third-order valence-electron chi connectivity index (χ3n) is 2.39. The first kappa shape index (κ1) is 7.34. The lowest BCUT2D eigenvalue weighted by molar-refractivity contribution is -0.119. The van der Waals surface area contributed by atoms with Gasteiger partial charge in [-0.2, -0.15) is 5.10 Å². The lowest BCUT2D eigenvalue weighted by Crippen LogP contribution is -2.14. The van der Waals surface area contributed by atoms with E-state index in [4.69, 9.17) is 5.73 Å². The summed E-state index contributed by atoms with van der Waals surface area (Å²) in [6.45, 7) is 0. The van der Waals surface area contributed by atoms with Gasteiger partial charge in [0.1, 0.15) is 0 Å². The molecule has 12 heavy (non-hydrogen) atoms. The lowest BCUT2D eigenvalue weighted by Gasteiger charge is -1.97. The lowest BCUT2D eigenvalue weighted by atomic mass is 10.2. The predicted octanol–water partition coefficient (Wildman–Crippen LogP) is 0.00890. The second kappa shape index (κ2) is 2.33. The molecule has 1 aromatic rings. The largest absolute Gasteiger partial charge is 0.369 e.